The first kappa shape index (κ1) is 18.4. The van der Waals surface area contributed by atoms with Crippen molar-refractivity contribution in [2.45, 2.75) is 6.10 Å². The quantitative estimate of drug-likeness (QED) is 0.813. The molecule has 1 atom stereocenters. The summed E-state index contributed by atoms with van der Waals surface area (Å²) < 4.78 is 10.6. The molecular formula is C18H16Cl2N2O4. The monoisotopic (exact) mass is 394 g/mol. The van der Waals surface area contributed by atoms with E-state index in [1.165, 1.54) is 11.0 Å². The number of halogens is 2. The number of hydrogen-bond acceptors (Lipinski definition) is 4. The number of para-hydroxylation sites is 1. The Morgan fingerprint density at radius 2 is 2.00 bits per heavy atom. The third-order valence-corrected chi connectivity index (χ3v) is 4.25. The van der Waals surface area contributed by atoms with Crippen LogP contribution >= 0.6 is 23.2 Å². The van der Waals surface area contributed by atoms with Crippen LogP contribution in [0.25, 0.3) is 0 Å². The number of anilines is 1. The van der Waals surface area contributed by atoms with Crippen LogP contribution in [-0.4, -0.2) is 37.8 Å². The van der Waals surface area contributed by atoms with Gasteiger partial charge in [-0.05, 0) is 30.3 Å². The number of carbonyl (C=O) groups excluding carboxylic acids is 2. The van der Waals surface area contributed by atoms with E-state index in [1.54, 1.807) is 12.1 Å². The molecule has 1 heterocycles. The van der Waals surface area contributed by atoms with Crippen LogP contribution in [0.3, 0.4) is 0 Å². The first-order chi connectivity index (χ1) is 12.5. The molecule has 3 rings (SSSR count). The van der Waals surface area contributed by atoms with Gasteiger partial charge in [-0.3, -0.25) is 9.69 Å². The maximum Gasteiger partial charge on any atom is 0.414 e. The number of nitrogens with zero attached hydrogens (tertiary/aromatic N) is 1. The Kier molecular flexibility index (Phi) is 5.85. The van der Waals surface area contributed by atoms with Gasteiger partial charge >= 0.3 is 6.09 Å². The highest BCUT2D eigenvalue weighted by Crippen LogP contribution is 2.27. The molecule has 6 nitrogen and oxygen atoms in total. The van der Waals surface area contributed by atoms with Gasteiger partial charge < -0.3 is 14.8 Å². The highest BCUT2D eigenvalue weighted by Gasteiger charge is 2.32. The Morgan fingerprint density at radius 3 is 2.73 bits per heavy atom. The first-order valence-corrected chi connectivity index (χ1v) is 8.66. The maximum atomic E-state index is 11.9. The topological polar surface area (TPSA) is 67.9 Å². The molecule has 2 aromatic rings. The van der Waals surface area contributed by atoms with E-state index in [-0.39, 0.29) is 19.1 Å². The predicted octanol–water partition coefficient (Wildman–Crippen LogP) is 3.51. The van der Waals surface area contributed by atoms with E-state index in [2.05, 4.69) is 5.32 Å². The fraction of sp³-hybridized carbons (Fsp3) is 0.222. The summed E-state index contributed by atoms with van der Waals surface area (Å²) in [5.74, 6) is 0.0268. The third kappa shape index (κ3) is 4.59. The van der Waals surface area contributed by atoms with Crippen molar-refractivity contribution in [3.8, 4) is 5.75 Å². The zero-order valence-electron chi connectivity index (χ0n) is 13.7. The van der Waals surface area contributed by atoms with Crippen LogP contribution in [0.4, 0.5) is 10.5 Å². The summed E-state index contributed by atoms with van der Waals surface area (Å²) in [7, 11) is 0. The summed E-state index contributed by atoms with van der Waals surface area (Å²) in [4.78, 5) is 25.4. The average molecular weight is 395 g/mol. The Bertz CT molecular complexity index is 801. The smallest absolute Gasteiger partial charge is 0.414 e. The van der Waals surface area contributed by atoms with E-state index >= 15 is 0 Å². The number of rotatable bonds is 6. The fourth-order valence-corrected chi connectivity index (χ4v) is 2.92. The van der Waals surface area contributed by atoms with Gasteiger partial charge in [-0.15, -0.1) is 0 Å². The fourth-order valence-electron chi connectivity index (χ4n) is 2.46. The Balaban J connectivity index is 1.45. The van der Waals surface area contributed by atoms with Gasteiger partial charge in [0.2, 0.25) is 0 Å². The molecule has 26 heavy (non-hydrogen) atoms. The molecule has 0 unspecified atom stereocenters. The maximum absolute atomic E-state index is 11.9. The number of ether oxygens (including phenoxy) is 2. The van der Waals surface area contributed by atoms with Crippen LogP contribution in [0.5, 0.6) is 5.75 Å². The van der Waals surface area contributed by atoms with Gasteiger partial charge in [0.05, 0.1) is 18.1 Å². The molecule has 0 aromatic heterocycles. The van der Waals surface area contributed by atoms with Gasteiger partial charge in [0.25, 0.3) is 5.91 Å². The molecule has 0 aliphatic carbocycles. The molecule has 1 saturated heterocycles. The molecule has 2 aromatic carbocycles. The van der Waals surface area contributed by atoms with E-state index in [0.717, 1.165) is 5.69 Å². The van der Waals surface area contributed by atoms with E-state index in [0.29, 0.717) is 22.3 Å². The van der Waals surface area contributed by atoms with Crippen molar-refractivity contribution in [1.82, 2.24) is 5.32 Å². The second-order valence-corrected chi connectivity index (χ2v) is 6.46. The van der Waals surface area contributed by atoms with Crippen molar-refractivity contribution in [1.29, 1.82) is 0 Å². The molecule has 8 heteroatoms. The van der Waals surface area contributed by atoms with Crippen LogP contribution < -0.4 is 15.0 Å². The number of amides is 2. The van der Waals surface area contributed by atoms with Crippen LogP contribution in [0.1, 0.15) is 0 Å². The van der Waals surface area contributed by atoms with Crippen LogP contribution in [0, 0.1) is 0 Å². The minimum Gasteiger partial charge on any atom is -0.482 e. The van der Waals surface area contributed by atoms with Crippen molar-refractivity contribution in [2.24, 2.45) is 0 Å². The summed E-state index contributed by atoms with van der Waals surface area (Å²) in [6.45, 7) is 0.364. The minimum absolute atomic E-state index is 0.200. The lowest BCUT2D eigenvalue weighted by atomic mass is 10.2. The normalized spacial score (nSPS) is 16.3. The van der Waals surface area contributed by atoms with Crippen molar-refractivity contribution in [2.75, 3.05) is 24.6 Å². The number of carbonyl (C=O) groups is 2. The van der Waals surface area contributed by atoms with Gasteiger partial charge in [0.1, 0.15) is 11.9 Å². The van der Waals surface area contributed by atoms with Gasteiger partial charge in [0.15, 0.2) is 6.61 Å². The van der Waals surface area contributed by atoms with E-state index in [1.807, 2.05) is 30.3 Å². The largest absolute Gasteiger partial charge is 0.482 e. The lowest BCUT2D eigenvalue weighted by Crippen LogP contribution is -2.37. The molecule has 0 bridgehead atoms. The zero-order chi connectivity index (χ0) is 18.5. The standard InChI is InChI=1S/C18H16Cl2N2O4/c19-12-6-7-16(15(20)8-12)25-11-17(23)21-9-14-10-22(18(24)26-14)13-4-2-1-3-5-13/h1-8,14H,9-11H2,(H,21,23)/t14-/m1/s1. The summed E-state index contributed by atoms with van der Waals surface area (Å²) in [6.07, 6.45) is -0.856. The van der Waals surface area contributed by atoms with Gasteiger partial charge in [0, 0.05) is 10.7 Å². The lowest BCUT2D eigenvalue weighted by Gasteiger charge is -2.13. The molecule has 0 radical (unpaired) electrons. The molecule has 0 spiro atoms. The summed E-state index contributed by atoms with van der Waals surface area (Å²) in [6, 6.07) is 14.0. The third-order valence-electron chi connectivity index (χ3n) is 3.72. The second-order valence-electron chi connectivity index (χ2n) is 5.62. The van der Waals surface area contributed by atoms with E-state index in [4.69, 9.17) is 32.7 Å². The Labute approximate surface area is 160 Å². The van der Waals surface area contributed by atoms with Crippen molar-refractivity contribution < 1.29 is 19.1 Å². The molecule has 1 aliphatic heterocycles. The van der Waals surface area contributed by atoms with Crippen LogP contribution in [0.2, 0.25) is 10.0 Å². The average Bonchev–Trinajstić information content (AvgIpc) is 3.01. The summed E-state index contributed by atoms with van der Waals surface area (Å²) >= 11 is 11.8. The van der Waals surface area contributed by atoms with Crippen molar-refractivity contribution in [3.05, 3.63) is 58.6 Å². The number of nitrogens with one attached hydrogen (secondary N) is 1. The zero-order valence-corrected chi connectivity index (χ0v) is 15.2. The minimum atomic E-state index is -0.431. The SMILES string of the molecule is O=C(COc1ccc(Cl)cc1Cl)NC[C@@H]1CN(c2ccccc2)C(=O)O1. The Hall–Kier alpha value is -2.44. The summed E-state index contributed by atoms with van der Waals surface area (Å²) in [5, 5.41) is 3.49. The van der Waals surface area contributed by atoms with Gasteiger partial charge in [-0.1, -0.05) is 41.4 Å². The highest BCUT2D eigenvalue weighted by atomic mass is 35.5. The van der Waals surface area contributed by atoms with Crippen LogP contribution in [-0.2, 0) is 9.53 Å². The highest BCUT2D eigenvalue weighted by molar-refractivity contribution is 6.35. The van der Waals surface area contributed by atoms with Gasteiger partial charge in [-0.25, -0.2) is 4.79 Å². The Morgan fingerprint density at radius 1 is 1.23 bits per heavy atom. The lowest BCUT2D eigenvalue weighted by molar-refractivity contribution is -0.123. The molecule has 2 amide bonds. The molecule has 136 valence electrons. The molecule has 1 aliphatic rings. The number of cyclic esters (lactones) is 1. The van der Waals surface area contributed by atoms with Crippen LogP contribution in [0.15, 0.2) is 48.5 Å². The summed E-state index contributed by atoms with van der Waals surface area (Å²) in [5.41, 5.74) is 0.757. The second kappa shape index (κ2) is 8.29. The molecule has 1 fully saturated rings. The number of hydrogen-bond donors (Lipinski definition) is 1. The van der Waals surface area contributed by atoms with E-state index < -0.39 is 12.2 Å². The number of benzene rings is 2. The van der Waals surface area contributed by atoms with Crippen molar-refractivity contribution >= 4 is 40.9 Å². The molecule has 0 saturated carbocycles. The van der Waals surface area contributed by atoms with Gasteiger partial charge in [-0.2, -0.15) is 0 Å². The molecular weight excluding hydrogens is 379 g/mol. The van der Waals surface area contributed by atoms with Crippen molar-refractivity contribution in [3.63, 3.8) is 0 Å². The molecule has 1 N–H and O–H groups in total. The predicted molar refractivity (Wildman–Crippen MR) is 99.0 cm³/mol. The van der Waals surface area contributed by atoms with E-state index in [9.17, 15) is 9.59 Å². The first-order valence-electron chi connectivity index (χ1n) is 7.90.